The molecule has 1 aromatic rings. The van der Waals surface area contributed by atoms with Crippen LogP contribution in [0.2, 0.25) is 0 Å². The first-order valence-electron chi connectivity index (χ1n) is 11.5. The van der Waals surface area contributed by atoms with Crippen molar-refractivity contribution in [2.45, 2.75) is 91.6 Å². The van der Waals surface area contributed by atoms with Crippen molar-refractivity contribution in [2.75, 3.05) is 13.2 Å². The lowest BCUT2D eigenvalue weighted by Gasteiger charge is -2.55. The Labute approximate surface area is 182 Å². The standard InChI is InChI=1S/C26H38O4/c1-7-9-10-11-19-15-21(29-17-23(27)28-8-2)24-20-14-18(3)12-13-26(20,6)25(4,5)30-22(24)16-19/h12,15-16,20H,7-11,13-14,17H2,1-6H3/t20-,26+/m0/s1. The maximum atomic E-state index is 12.0. The Hall–Kier alpha value is -1.97. The summed E-state index contributed by atoms with van der Waals surface area (Å²) in [4.78, 5) is 12.0. The number of esters is 1. The van der Waals surface area contributed by atoms with Crippen LogP contribution in [0.1, 0.15) is 90.7 Å². The molecule has 2 aliphatic rings. The van der Waals surface area contributed by atoms with Crippen molar-refractivity contribution < 1.29 is 19.0 Å². The van der Waals surface area contributed by atoms with Gasteiger partial charge in [-0.15, -0.1) is 0 Å². The van der Waals surface area contributed by atoms with Crippen LogP contribution in [0.15, 0.2) is 23.8 Å². The molecule has 1 aliphatic carbocycles. The Morgan fingerprint density at radius 3 is 2.67 bits per heavy atom. The van der Waals surface area contributed by atoms with Crippen LogP contribution in [0, 0.1) is 5.41 Å². The molecule has 0 N–H and O–H groups in total. The third-order valence-electron chi connectivity index (χ3n) is 7.14. The number of hydrogen-bond donors (Lipinski definition) is 0. The van der Waals surface area contributed by atoms with Crippen LogP contribution in [0.4, 0.5) is 0 Å². The second-order valence-electron chi connectivity index (χ2n) is 9.60. The van der Waals surface area contributed by atoms with Gasteiger partial charge >= 0.3 is 5.97 Å². The summed E-state index contributed by atoms with van der Waals surface area (Å²) in [7, 11) is 0. The number of hydrogen-bond acceptors (Lipinski definition) is 4. The number of carbonyl (C=O) groups excluding carboxylic acids is 1. The molecule has 0 amide bonds. The summed E-state index contributed by atoms with van der Waals surface area (Å²) in [5.41, 5.74) is 3.41. The van der Waals surface area contributed by atoms with Gasteiger partial charge in [0.2, 0.25) is 0 Å². The van der Waals surface area contributed by atoms with Gasteiger partial charge in [-0.25, -0.2) is 4.79 Å². The summed E-state index contributed by atoms with van der Waals surface area (Å²) in [6, 6.07) is 4.33. The third kappa shape index (κ3) is 4.38. The summed E-state index contributed by atoms with van der Waals surface area (Å²) in [6.07, 6.45) is 8.83. The topological polar surface area (TPSA) is 44.8 Å². The van der Waals surface area contributed by atoms with Gasteiger partial charge in [0.25, 0.3) is 0 Å². The minimum absolute atomic E-state index is 0.0364. The van der Waals surface area contributed by atoms with Gasteiger partial charge in [-0.1, -0.05) is 38.3 Å². The van der Waals surface area contributed by atoms with E-state index in [1.807, 2.05) is 6.92 Å². The van der Waals surface area contributed by atoms with Gasteiger partial charge in [0.05, 0.1) is 6.61 Å². The molecule has 0 spiro atoms. The van der Waals surface area contributed by atoms with Crippen molar-refractivity contribution >= 4 is 5.97 Å². The van der Waals surface area contributed by atoms with Crippen molar-refractivity contribution in [3.05, 3.63) is 34.9 Å². The van der Waals surface area contributed by atoms with E-state index in [2.05, 4.69) is 52.8 Å². The molecule has 0 unspecified atom stereocenters. The van der Waals surface area contributed by atoms with Crippen LogP contribution < -0.4 is 9.47 Å². The average Bonchev–Trinajstić information content (AvgIpc) is 2.68. The quantitative estimate of drug-likeness (QED) is 0.282. The lowest BCUT2D eigenvalue weighted by Crippen LogP contribution is -2.53. The van der Waals surface area contributed by atoms with E-state index in [1.165, 1.54) is 24.0 Å². The summed E-state index contributed by atoms with van der Waals surface area (Å²) >= 11 is 0. The number of fused-ring (bicyclic) bond motifs is 3. The lowest BCUT2D eigenvalue weighted by molar-refractivity contribution is -0.145. The first-order chi connectivity index (χ1) is 14.2. The average molecular weight is 415 g/mol. The molecule has 0 aromatic heterocycles. The maximum Gasteiger partial charge on any atom is 0.344 e. The van der Waals surface area contributed by atoms with Crippen molar-refractivity contribution in [3.8, 4) is 11.5 Å². The summed E-state index contributed by atoms with van der Waals surface area (Å²) < 4.78 is 17.8. The number of rotatable bonds is 8. The van der Waals surface area contributed by atoms with Crippen molar-refractivity contribution in [1.82, 2.24) is 0 Å². The van der Waals surface area contributed by atoms with E-state index in [-0.39, 0.29) is 23.6 Å². The summed E-state index contributed by atoms with van der Waals surface area (Å²) in [5, 5.41) is 0. The van der Waals surface area contributed by atoms with Crippen LogP contribution in [0.3, 0.4) is 0 Å². The Bertz CT molecular complexity index is 807. The fraction of sp³-hybridized carbons (Fsp3) is 0.654. The smallest absolute Gasteiger partial charge is 0.344 e. The third-order valence-corrected chi connectivity index (χ3v) is 7.14. The predicted molar refractivity (Wildman–Crippen MR) is 120 cm³/mol. The maximum absolute atomic E-state index is 12.0. The van der Waals surface area contributed by atoms with Crippen molar-refractivity contribution in [1.29, 1.82) is 0 Å². The molecule has 4 nitrogen and oxygen atoms in total. The lowest BCUT2D eigenvalue weighted by atomic mass is 9.57. The molecule has 30 heavy (non-hydrogen) atoms. The second kappa shape index (κ2) is 9.03. The molecule has 0 fully saturated rings. The Balaban J connectivity index is 2.03. The number of aryl methyl sites for hydroxylation is 1. The van der Waals surface area contributed by atoms with Crippen LogP contribution in [0.25, 0.3) is 0 Å². The van der Waals surface area contributed by atoms with Gasteiger partial charge in [-0.2, -0.15) is 0 Å². The monoisotopic (exact) mass is 414 g/mol. The van der Waals surface area contributed by atoms with E-state index >= 15 is 0 Å². The van der Waals surface area contributed by atoms with E-state index in [0.717, 1.165) is 42.7 Å². The van der Waals surface area contributed by atoms with Crippen LogP contribution >= 0.6 is 0 Å². The molecule has 1 heterocycles. The van der Waals surface area contributed by atoms with Crippen LogP contribution in [0.5, 0.6) is 11.5 Å². The van der Waals surface area contributed by atoms with Gasteiger partial charge in [-0.3, -0.25) is 0 Å². The number of benzene rings is 1. The zero-order chi connectivity index (χ0) is 21.9. The van der Waals surface area contributed by atoms with E-state index in [1.54, 1.807) is 0 Å². The highest BCUT2D eigenvalue weighted by Crippen LogP contribution is 2.61. The Morgan fingerprint density at radius 2 is 1.97 bits per heavy atom. The molecular weight excluding hydrogens is 376 g/mol. The summed E-state index contributed by atoms with van der Waals surface area (Å²) in [6.45, 7) is 13.3. The van der Waals surface area contributed by atoms with Gasteiger partial charge in [-0.05, 0) is 71.1 Å². The van der Waals surface area contributed by atoms with E-state index in [9.17, 15) is 4.79 Å². The minimum Gasteiger partial charge on any atom is -0.487 e. The van der Waals surface area contributed by atoms with Crippen molar-refractivity contribution in [3.63, 3.8) is 0 Å². The highest BCUT2D eigenvalue weighted by atomic mass is 16.6. The molecule has 1 aliphatic heterocycles. The van der Waals surface area contributed by atoms with Crippen molar-refractivity contribution in [2.24, 2.45) is 5.41 Å². The molecule has 1 aromatic carbocycles. The second-order valence-corrected chi connectivity index (χ2v) is 9.60. The van der Waals surface area contributed by atoms with E-state index in [4.69, 9.17) is 14.2 Å². The number of allylic oxidation sites excluding steroid dienone is 2. The number of carbonyl (C=O) groups is 1. The van der Waals surface area contributed by atoms with Gasteiger partial charge in [0.1, 0.15) is 17.1 Å². The minimum atomic E-state index is -0.331. The number of ether oxygens (including phenoxy) is 3. The normalized spacial score (nSPS) is 24.2. The highest BCUT2D eigenvalue weighted by Gasteiger charge is 2.54. The molecule has 0 bridgehead atoms. The molecular formula is C26H38O4. The van der Waals surface area contributed by atoms with Gasteiger partial charge in [0, 0.05) is 16.9 Å². The van der Waals surface area contributed by atoms with Gasteiger partial charge < -0.3 is 14.2 Å². The van der Waals surface area contributed by atoms with Crippen LogP contribution in [-0.2, 0) is 16.0 Å². The zero-order valence-electron chi connectivity index (χ0n) is 19.6. The fourth-order valence-electron chi connectivity index (χ4n) is 4.90. The van der Waals surface area contributed by atoms with E-state index in [0.29, 0.717) is 12.5 Å². The predicted octanol–water partition coefficient (Wildman–Crippen LogP) is 6.36. The molecule has 166 valence electrons. The fourth-order valence-corrected chi connectivity index (χ4v) is 4.90. The Morgan fingerprint density at radius 1 is 1.20 bits per heavy atom. The van der Waals surface area contributed by atoms with E-state index < -0.39 is 0 Å². The van der Waals surface area contributed by atoms with Gasteiger partial charge in [0.15, 0.2) is 6.61 Å². The Kier molecular flexibility index (Phi) is 6.84. The zero-order valence-corrected chi connectivity index (χ0v) is 19.6. The molecule has 3 rings (SSSR count). The molecule has 0 radical (unpaired) electrons. The molecule has 0 saturated carbocycles. The SMILES string of the molecule is CCCCCc1cc(OCC(=O)OCC)c2c(c1)OC(C)(C)[C@]1(C)CC=C(C)C[C@@H]21. The van der Waals surface area contributed by atoms with Crippen LogP contribution in [-0.4, -0.2) is 24.8 Å². The molecule has 0 saturated heterocycles. The molecule has 2 atom stereocenters. The largest absolute Gasteiger partial charge is 0.487 e. The first kappa shape index (κ1) is 22.7. The molecule has 4 heteroatoms. The highest BCUT2D eigenvalue weighted by molar-refractivity contribution is 5.71. The number of unbranched alkanes of at least 4 members (excludes halogenated alkanes) is 2. The summed E-state index contributed by atoms with van der Waals surface area (Å²) in [5.74, 6) is 1.67. The first-order valence-corrected chi connectivity index (χ1v) is 11.5.